The van der Waals surface area contributed by atoms with Gasteiger partial charge in [-0.25, -0.2) is 4.57 Å². The second kappa shape index (κ2) is 40.4. The van der Waals surface area contributed by atoms with Crippen molar-refractivity contribution in [1.29, 1.82) is 0 Å². The predicted molar refractivity (Wildman–Crippen MR) is 220 cm³/mol. The SMILES string of the molecule is CCCCCC/C=C/CCCCCCCCCC(=O)OC[C@H](COP(=O)(O)OCCN)OC(=O)CCCCCCCCCCCCCCCCCCC. The fourth-order valence-electron chi connectivity index (χ4n) is 6.34. The van der Waals surface area contributed by atoms with Crippen LogP contribution in [0.15, 0.2) is 12.2 Å². The van der Waals surface area contributed by atoms with Crippen molar-refractivity contribution in [2.24, 2.45) is 5.73 Å². The van der Waals surface area contributed by atoms with Gasteiger partial charge in [-0.15, -0.1) is 0 Å². The van der Waals surface area contributed by atoms with Crippen molar-refractivity contribution in [1.82, 2.24) is 0 Å². The second-order valence-electron chi connectivity index (χ2n) is 14.9. The maximum absolute atomic E-state index is 12.6. The van der Waals surface area contributed by atoms with Gasteiger partial charge in [0.15, 0.2) is 6.10 Å². The van der Waals surface area contributed by atoms with E-state index in [0.717, 1.165) is 44.9 Å². The molecule has 0 aliphatic carbocycles. The molecule has 1 unspecified atom stereocenters. The number of hydrogen-bond acceptors (Lipinski definition) is 8. The van der Waals surface area contributed by atoms with Crippen LogP contribution >= 0.6 is 7.82 Å². The first-order valence-corrected chi connectivity index (χ1v) is 23.7. The molecule has 0 rings (SSSR count). The van der Waals surface area contributed by atoms with Gasteiger partial charge in [-0.2, -0.15) is 0 Å². The van der Waals surface area contributed by atoms with E-state index in [2.05, 4.69) is 26.0 Å². The normalized spacial score (nSPS) is 13.4. The smallest absolute Gasteiger partial charge is 0.462 e. The number of ether oxygens (including phenoxy) is 2. The van der Waals surface area contributed by atoms with Gasteiger partial charge in [-0.05, 0) is 38.5 Å². The van der Waals surface area contributed by atoms with E-state index in [-0.39, 0.29) is 38.6 Å². The Hall–Kier alpha value is -1.25. The number of rotatable bonds is 42. The zero-order valence-corrected chi connectivity index (χ0v) is 35.4. The number of phosphoric acid groups is 1. The largest absolute Gasteiger partial charge is 0.472 e. The Morgan fingerprint density at radius 2 is 0.925 bits per heavy atom. The molecule has 0 saturated heterocycles. The summed E-state index contributed by atoms with van der Waals surface area (Å²) in [6.07, 6.45) is 40.9. The van der Waals surface area contributed by atoms with Crippen molar-refractivity contribution in [3.8, 4) is 0 Å². The van der Waals surface area contributed by atoms with Crippen LogP contribution in [0.4, 0.5) is 0 Å². The van der Waals surface area contributed by atoms with Gasteiger partial charge in [-0.1, -0.05) is 180 Å². The minimum absolute atomic E-state index is 0.0558. The summed E-state index contributed by atoms with van der Waals surface area (Å²) in [7, 11) is -4.37. The molecule has 3 N–H and O–H groups in total. The van der Waals surface area contributed by atoms with Crippen molar-refractivity contribution in [2.45, 2.75) is 225 Å². The van der Waals surface area contributed by atoms with E-state index in [0.29, 0.717) is 6.42 Å². The molecule has 0 heterocycles. The van der Waals surface area contributed by atoms with Crippen molar-refractivity contribution in [2.75, 3.05) is 26.4 Å². The highest BCUT2D eigenvalue weighted by atomic mass is 31.2. The lowest BCUT2D eigenvalue weighted by atomic mass is 10.0. The van der Waals surface area contributed by atoms with Gasteiger partial charge in [0.1, 0.15) is 6.61 Å². The fourth-order valence-corrected chi connectivity index (χ4v) is 7.10. The summed E-state index contributed by atoms with van der Waals surface area (Å²) in [4.78, 5) is 34.9. The molecule has 2 atom stereocenters. The topological polar surface area (TPSA) is 134 Å². The quantitative estimate of drug-likeness (QED) is 0.0269. The minimum Gasteiger partial charge on any atom is -0.462 e. The molecule has 10 heteroatoms. The molecule has 0 aliphatic rings. The Bertz CT molecular complexity index is 886. The van der Waals surface area contributed by atoms with Crippen molar-refractivity contribution >= 4 is 19.8 Å². The summed E-state index contributed by atoms with van der Waals surface area (Å²) in [6.45, 7) is 3.75. The van der Waals surface area contributed by atoms with Gasteiger partial charge in [0.05, 0.1) is 13.2 Å². The zero-order chi connectivity index (χ0) is 38.9. The van der Waals surface area contributed by atoms with Crippen LogP contribution in [0.1, 0.15) is 219 Å². The van der Waals surface area contributed by atoms with E-state index < -0.39 is 26.5 Å². The van der Waals surface area contributed by atoms with Crippen molar-refractivity contribution < 1.29 is 37.6 Å². The molecule has 0 aromatic rings. The average Bonchev–Trinajstić information content (AvgIpc) is 3.14. The molecular formula is C43H84NO8P. The van der Waals surface area contributed by atoms with Gasteiger partial charge < -0.3 is 20.1 Å². The molecule has 0 amide bonds. The highest BCUT2D eigenvalue weighted by Gasteiger charge is 2.26. The van der Waals surface area contributed by atoms with E-state index in [1.807, 2.05) is 0 Å². The summed E-state index contributed by atoms with van der Waals surface area (Å²) in [6, 6.07) is 0. The molecule has 0 aromatic heterocycles. The first-order chi connectivity index (χ1) is 25.8. The lowest BCUT2D eigenvalue weighted by Crippen LogP contribution is -2.29. The van der Waals surface area contributed by atoms with E-state index >= 15 is 0 Å². The summed E-state index contributed by atoms with van der Waals surface area (Å²) in [5, 5.41) is 0. The van der Waals surface area contributed by atoms with Crippen molar-refractivity contribution in [3.05, 3.63) is 12.2 Å². The Morgan fingerprint density at radius 1 is 0.547 bits per heavy atom. The van der Waals surface area contributed by atoms with Crippen LogP contribution in [0.5, 0.6) is 0 Å². The molecule has 0 radical (unpaired) electrons. The number of carbonyl (C=O) groups is 2. The average molecular weight is 774 g/mol. The van der Waals surface area contributed by atoms with E-state index in [9.17, 15) is 19.0 Å². The minimum atomic E-state index is -4.37. The number of carbonyl (C=O) groups excluding carboxylic acids is 2. The van der Waals surface area contributed by atoms with E-state index in [1.165, 1.54) is 141 Å². The molecule has 314 valence electrons. The van der Waals surface area contributed by atoms with Gasteiger partial charge in [0, 0.05) is 19.4 Å². The van der Waals surface area contributed by atoms with Crippen LogP contribution in [0.2, 0.25) is 0 Å². The van der Waals surface area contributed by atoms with Crippen LogP contribution < -0.4 is 5.73 Å². The molecule has 9 nitrogen and oxygen atoms in total. The molecule has 0 aromatic carbocycles. The Labute approximate surface area is 326 Å². The molecule has 53 heavy (non-hydrogen) atoms. The second-order valence-corrected chi connectivity index (χ2v) is 16.4. The molecule has 0 saturated carbocycles. The predicted octanol–water partition coefficient (Wildman–Crippen LogP) is 12.6. The lowest BCUT2D eigenvalue weighted by molar-refractivity contribution is -0.161. The third-order valence-electron chi connectivity index (χ3n) is 9.65. The molecule has 0 spiro atoms. The summed E-state index contributed by atoms with van der Waals surface area (Å²) >= 11 is 0. The number of nitrogens with two attached hydrogens (primary N) is 1. The zero-order valence-electron chi connectivity index (χ0n) is 34.5. The standard InChI is InChI=1S/C43H84NO8P/c1-3-5-7-9-11-13-15-17-19-20-22-24-26-28-30-32-34-36-43(46)52-41(40-51-53(47,48)50-38-37-44)39-49-42(45)35-33-31-29-27-25-23-21-18-16-14-12-10-8-6-4-2/h14,16,41H,3-13,15,17-40,44H2,1-2H3,(H,47,48)/b16-14+/t41-/m1/s1. The van der Waals surface area contributed by atoms with E-state index in [1.54, 1.807) is 0 Å². The first kappa shape index (κ1) is 51.8. The van der Waals surface area contributed by atoms with Crippen LogP contribution in [0.25, 0.3) is 0 Å². The number of allylic oxidation sites excluding steroid dienone is 2. The monoisotopic (exact) mass is 774 g/mol. The van der Waals surface area contributed by atoms with Crippen LogP contribution in [0.3, 0.4) is 0 Å². The first-order valence-electron chi connectivity index (χ1n) is 22.2. The Morgan fingerprint density at radius 3 is 1.36 bits per heavy atom. The van der Waals surface area contributed by atoms with Gasteiger partial charge in [0.2, 0.25) is 0 Å². The maximum atomic E-state index is 12.6. The van der Waals surface area contributed by atoms with Gasteiger partial charge in [-0.3, -0.25) is 18.6 Å². The highest BCUT2D eigenvalue weighted by molar-refractivity contribution is 7.47. The molecule has 0 bridgehead atoms. The van der Waals surface area contributed by atoms with E-state index in [4.69, 9.17) is 24.3 Å². The third-order valence-corrected chi connectivity index (χ3v) is 10.6. The molecule has 0 aliphatic heterocycles. The highest BCUT2D eigenvalue weighted by Crippen LogP contribution is 2.43. The van der Waals surface area contributed by atoms with Gasteiger partial charge in [0.25, 0.3) is 0 Å². The van der Waals surface area contributed by atoms with Gasteiger partial charge >= 0.3 is 19.8 Å². The Balaban J connectivity index is 4.11. The summed E-state index contributed by atoms with van der Waals surface area (Å²) < 4.78 is 32.8. The fraction of sp³-hybridized carbons (Fsp3) is 0.907. The molecular weight excluding hydrogens is 689 g/mol. The lowest BCUT2D eigenvalue weighted by Gasteiger charge is -2.19. The molecule has 0 fully saturated rings. The number of phosphoric ester groups is 1. The van der Waals surface area contributed by atoms with Crippen LogP contribution in [-0.2, 0) is 32.7 Å². The van der Waals surface area contributed by atoms with Crippen LogP contribution in [0, 0.1) is 0 Å². The maximum Gasteiger partial charge on any atom is 0.472 e. The number of esters is 2. The number of unbranched alkanes of at least 4 members (excludes halogenated alkanes) is 27. The summed E-state index contributed by atoms with van der Waals surface area (Å²) in [5.74, 6) is -0.822. The van der Waals surface area contributed by atoms with Crippen LogP contribution in [-0.4, -0.2) is 49.3 Å². The summed E-state index contributed by atoms with van der Waals surface area (Å²) in [5.41, 5.74) is 5.35. The number of hydrogen-bond donors (Lipinski definition) is 2. The Kier molecular flexibility index (Phi) is 39.5. The van der Waals surface area contributed by atoms with Crippen molar-refractivity contribution in [3.63, 3.8) is 0 Å². The third kappa shape index (κ3) is 40.2.